The van der Waals surface area contributed by atoms with E-state index in [1.807, 2.05) is 13.8 Å². The summed E-state index contributed by atoms with van der Waals surface area (Å²) in [5.41, 5.74) is 0.510. The van der Waals surface area contributed by atoms with Gasteiger partial charge >= 0.3 is 6.03 Å². The molecule has 3 N–H and O–H groups in total. The summed E-state index contributed by atoms with van der Waals surface area (Å²) in [6.07, 6.45) is 0.757. The zero-order chi connectivity index (χ0) is 16.7. The normalized spacial score (nSPS) is 13.3. The van der Waals surface area contributed by atoms with Crippen LogP contribution in [0.2, 0.25) is 0 Å². The van der Waals surface area contributed by atoms with Gasteiger partial charge in [-0.05, 0) is 38.0 Å². The quantitative estimate of drug-likeness (QED) is 0.754. The van der Waals surface area contributed by atoms with E-state index < -0.39 is 23.6 Å². The molecule has 0 saturated heterocycles. The molecule has 0 heterocycles. The van der Waals surface area contributed by atoms with Crippen molar-refractivity contribution in [2.75, 3.05) is 6.54 Å². The molecule has 1 aromatic carbocycles. The molecular weight excluding hydrogens is 292 g/mol. The monoisotopic (exact) mass is 313 g/mol. The molecular formula is C15H21F2N3O2. The SMILES string of the molecule is CC[C@@H](C)NC(=O)NC(=O)CN[C@@H](C)c1ccc(F)c(F)c1. The first-order chi connectivity index (χ1) is 10.3. The van der Waals surface area contributed by atoms with E-state index in [9.17, 15) is 18.4 Å². The summed E-state index contributed by atoms with van der Waals surface area (Å²) in [5.74, 6) is -2.37. The average molecular weight is 313 g/mol. The Bertz CT molecular complexity index is 538. The molecule has 1 aromatic rings. The second-order valence-corrected chi connectivity index (χ2v) is 5.11. The van der Waals surface area contributed by atoms with E-state index in [0.29, 0.717) is 5.56 Å². The van der Waals surface area contributed by atoms with Gasteiger partial charge in [0, 0.05) is 12.1 Å². The second kappa shape index (κ2) is 8.43. The number of rotatable bonds is 6. The number of halogens is 2. The topological polar surface area (TPSA) is 70.2 Å². The Kier molecular flexibility index (Phi) is 6.91. The minimum absolute atomic E-state index is 0.0260. The molecule has 22 heavy (non-hydrogen) atoms. The zero-order valence-electron chi connectivity index (χ0n) is 12.9. The first-order valence-corrected chi connectivity index (χ1v) is 7.12. The number of hydrogen-bond donors (Lipinski definition) is 3. The fourth-order valence-electron chi connectivity index (χ4n) is 1.68. The summed E-state index contributed by atoms with van der Waals surface area (Å²) in [6, 6.07) is 2.59. The zero-order valence-corrected chi connectivity index (χ0v) is 12.9. The van der Waals surface area contributed by atoms with Crippen molar-refractivity contribution in [1.29, 1.82) is 0 Å². The molecule has 0 aliphatic carbocycles. The Morgan fingerprint density at radius 3 is 2.45 bits per heavy atom. The van der Waals surface area contributed by atoms with Gasteiger partial charge in [0.15, 0.2) is 11.6 Å². The molecule has 0 aromatic heterocycles. The van der Waals surface area contributed by atoms with Crippen LogP contribution >= 0.6 is 0 Å². The van der Waals surface area contributed by atoms with Crippen LogP contribution in [0.4, 0.5) is 13.6 Å². The largest absolute Gasteiger partial charge is 0.335 e. The maximum atomic E-state index is 13.1. The third-order valence-electron chi connectivity index (χ3n) is 3.26. The van der Waals surface area contributed by atoms with Gasteiger partial charge in [-0.1, -0.05) is 13.0 Å². The standard InChI is InChI=1S/C15H21F2N3O2/c1-4-9(2)19-15(22)20-14(21)8-18-10(3)11-5-6-12(16)13(17)7-11/h5-7,9-10,18H,4,8H2,1-3H3,(H2,19,20,21,22)/t9-,10+/m1/s1. The van der Waals surface area contributed by atoms with Crippen LogP contribution in [-0.4, -0.2) is 24.5 Å². The van der Waals surface area contributed by atoms with Gasteiger partial charge < -0.3 is 10.6 Å². The number of imide groups is 1. The van der Waals surface area contributed by atoms with Crippen LogP contribution in [0.15, 0.2) is 18.2 Å². The van der Waals surface area contributed by atoms with E-state index in [1.165, 1.54) is 6.07 Å². The van der Waals surface area contributed by atoms with E-state index in [4.69, 9.17) is 0 Å². The van der Waals surface area contributed by atoms with Crippen LogP contribution in [-0.2, 0) is 4.79 Å². The van der Waals surface area contributed by atoms with Crippen molar-refractivity contribution in [2.45, 2.75) is 39.3 Å². The number of amides is 3. The number of carbonyl (C=O) groups is 2. The minimum atomic E-state index is -0.941. The van der Waals surface area contributed by atoms with Gasteiger partial charge in [-0.15, -0.1) is 0 Å². The highest BCUT2D eigenvalue weighted by atomic mass is 19.2. The molecule has 1 rings (SSSR count). The lowest BCUT2D eigenvalue weighted by atomic mass is 10.1. The maximum absolute atomic E-state index is 13.1. The summed E-state index contributed by atoms with van der Waals surface area (Å²) in [7, 11) is 0. The predicted octanol–water partition coefficient (Wildman–Crippen LogP) is 2.24. The Labute approximate surface area is 128 Å². The fourth-order valence-corrected chi connectivity index (χ4v) is 1.68. The molecule has 0 bridgehead atoms. The molecule has 0 radical (unpaired) electrons. The average Bonchev–Trinajstić information content (AvgIpc) is 2.47. The number of nitrogens with one attached hydrogen (secondary N) is 3. The van der Waals surface area contributed by atoms with Crippen molar-refractivity contribution >= 4 is 11.9 Å². The van der Waals surface area contributed by atoms with Gasteiger partial charge in [0.2, 0.25) is 5.91 Å². The van der Waals surface area contributed by atoms with E-state index in [-0.39, 0.29) is 18.6 Å². The maximum Gasteiger partial charge on any atom is 0.321 e. The number of carbonyl (C=O) groups excluding carboxylic acids is 2. The Balaban J connectivity index is 2.43. The van der Waals surface area contributed by atoms with Gasteiger partial charge in [-0.3, -0.25) is 10.1 Å². The van der Waals surface area contributed by atoms with Crippen molar-refractivity contribution in [2.24, 2.45) is 0 Å². The molecule has 0 aliphatic rings. The molecule has 0 spiro atoms. The van der Waals surface area contributed by atoms with Crippen molar-refractivity contribution in [3.05, 3.63) is 35.4 Å². The van der Waals surface area contributed by atoms with Crippen LogP contribution in [0, 0.1) is 11.6 Å². The fraction of sp³-hybridized carbons (Fsp3) is 0.467. The highest BCUT2D eigenvalue weighted by Gasteiger charge is 2.13. The van der Waals surface area contributed by atoms with Crippen molar-refractivity contribution in [3.8, 4) is 0 Å². The van der Waals surface area contributed by atoms with E-state index in [2.05, 4.69) is 16.0 Å². The minimum Gasteiger partial charge on any atom is -0.335 e. The van der Waals surface area contributed by atoms with Gasteiger partial charge in [0.1, 0.15) is 0 Å². The van der Waals surface area contributed by atoms with E-state index in [0.717, 1.165) is 18.6 Å². The van der Waals surface area contributed by atoms with Crippen molar-refractivity contribution in [3.63, 3.8) is 0 Å². The molecule has 0 saturated carbocycles. The predicted molar refractivity (Wildman–Crippen MR) is 79.2 cm³/mol. The summed E-state index contributed by atoms with van der Waals surface area (Å²) in [6.45, 7) is 5.33. The molecule has 2 atom stereocenters. The van der Waals surface area contributed by atoms with Gasteiger partial charge in [-0.25, -0.2) is 13.6 Å². The van der Waals surface area contributed by atoms with Gasteiger partial charge in [-0.2, -0.15) is 0 Å². The first-order valence-electron chi connectivity index (χ1n) is 7.12. The Hall–Kier alpha value is -2.02. The Morgan fingerprint density at radius 1 is 1.18 bits per heavy atom. The molecule has 0 unspecified atom stereocenters. The number of hydrogen-bond acceptors (Lipinski definition) is 3. The molecule has 5 nitrogen and oxygen atoms in total. The smallest absolute Gasteiger partial charge is 0.321 e. The third kappa shape index (κ3) is 5.77. The molecule has 0 aliphatic heterocycles. The molecule has 122 valence electrons. The van der Waals surface area contributed by atoms with Crippen LogP contribution in [0.5, 0.6) is 0 Å². The van der Waals surface area contributed by atoms with Crippen molar-refractivity contribution in [1.82, 2.24) is 16.0 Å². The van der Waals surface area contributed by atoms with Crippen LogP contribution in [0.3, 0.4) is 0 Å². The van der Waals surface area contributed by atoms with Crippen LogP contribution in [0.25, 0.3) is 0 Å². The highest BCUT2D eigenvalue weighted by molar-refractivity contribution is 5.95. The third-order valence-corrected chi connectivity index (χ3v) is 3.26. The van der Waals surface area contributed by atoms with Crippen LogP contribution < -0.4 is 16.0 Å². The van der Waals surface area contributed by atoms with Gasteiger partial charge in [0.25, 0.3) is 0 Å². The molecule has 3 amide bonds. The molecule has 7 heteroatoms. The first kappa shape index (κ1) is 18.0. The summed E-state index contributed by atoms with van der Waals surface area (Å²) in [4.78, 5) is 23.1. The van der Waals surface area contributed by atoms with E-state index >= 15 is 0 Å². The number of urea groups is 1. The lowest BCUT2D eigenvalue weighted by Gasteiger charge is -2.15. The van der Waals surface area contributed by atoms with Crippen LogP contribution in [0.1, 0.15) is 38.8 Å². The summed E-state index contributed by atoms with van der Waals surface area (Å²) in [5, 5.41) is 7.63. The second-order valence-electron chi connectivity index (χ2n) is 5.11. The number of benzene rings is 1. The van der Waals surface area contributed by atoms with E-state index in [1.54, 1.807) is 6.92 Å². The summed E-state index contributed by atoms with van der Waals surface area (Å²) < 4.78 is 26.0. The lowest BCUT2D eigenvalue weighted by Crippen LogP contribution is -2.46. The lowest BCUT2D eigenvalue weighted by molar-refractivity contribution is -0.119. The van der Waals surface area contributed by atoms with Crippen molar-refractivity contribution < 1.29 is 18.4 Å². The summed E-state index contributed by atoms with van der Waals surface area (Å²) >= 11 is 0. The van der Waals surface area contributed by atoms with Gasteiger partial charge in [0.05, 0.1) is 6.54 Å². The Morgan fingerprint density at radius 2 is 1.86 bits per heavy atom. The highest BCUT2D eigenvalue weighted by Crippen LogP contribution is 2.15. The molecule has 0 fully saturated rings.